The van der Waals surface area contributed by atoms with Gasteiger partial charge in [0.05, 0.1) is 12.5 Å². The van der Waals surface area contributed by atoms with E-state index in [1.807, 2.05) is 0 Å². The lowest BCUT2D eigenvalue weighted by atomic mass is 9.88. The average molecular weight is 241 g/mol. The Bertz CT molecular complexity index is 276. The first-order chi connectivity index (χ1) is 8.09. The van der Waals surface area contributed by atoms with Crippen molar-refractivity contribution >= 4 is 5.97 Å². The molecule has 2 heterocycles. The smallest absolute Gasteiger partial charge is 0.306 e. The van der Waals surface area contributed by atoms with E-state index in [0.29, 0.717) is 18.0 Å². The lowest BCUT2D eigenvalue weighted by Crippen LogP contribution is -2.49. The first-order valence-electron chi connectivity index (χ1n) is 6.66. The molecule has 4 nitrogen and oxygen atoms in total. The number of likely N-dealkylation sites (tertiary alicyclic amines) is 1. The molecule has 0 saturated carbocycles. The number of hydrogen-bond acceptors (Lipinski definition) is 3. The number of rotatable bonds is 3. The van der Waals surface area contributed by atoms with Gasteiger partial charge in [0.25, 0.3) is 0 Å². The molecule has 0 spiro atoms. The summed E-state index contributed by atoms with van der Waals surface area (Å²) in [6.45, 7) is 7.08. The summed E-state index contributed by atoms with van der Waals surface area (Å²) in [7, 11) is 0. The number of carbonyl (C=O) groups is 1. The molecule has 0 aliphatic carbocycles. The van der Waals surface area contributed by atoms with Gasteiger partial charge >= 0.3 is 5.97 Å². The van der Waals surface area contributed by atoms with Gasteiger partial charge in [-0.05, 0) is 45.6 Å². The van der Waals surface area contributed by atoms with Gasteiger partial charge in [-0.2, -0.15) is 0 Å². The van der Waals surface area contributed by atoms with E-state index in [1.165, 1.54) is 0 Å². The maximum atomic E-state index is 11.0. The lowest BCUT2D eigenvalue weighted by molar-refractivity contribution is -0.144. The predicted octanol–water partition coefficient (Wildman–Crippen LogP) is 1.60. The highest BCUT2D eigenvalue weighted by Crippen LogP contribution is 2.29. The zero-order chi connectivity index (χ0) is 12.4. The highest BCUT2D eigenvalue weighted by atomic mass is 16.5. The molecule has 2 aliphatic heterocycles. The van der Waals surface area contributed by atoms with Crippen molar-refractivity contribution in [3.63, 3.8) is 0 Å². The van der Waals surface area contributed by atoms with E-state index >= 15 is 0 Å². The first kappa shape index (κ1) is 12.8. The predicted molar refractivity (Wildman–Crippen MR) is 64.9 cm³/mol. The SMILES string of the molecule is CC1CC(C(=O)O)CCN1C(C)C1CCOC1. The highest BCUT2D eigenvalue weighted by Gasteiger charge is 2.35. The van der Waals surface area contributed by atoms with E-state index in [4.69, 9.17) is 9.84 Å². The Hall–Kier alpha value is -0.610. The monoisotopic (exact) mass is 241 g/mol. The molecule has 2 saturated heterocycles. The highest BCUT2D eigenvalue weighted by molar-refractivity contribution is 5.70. The van der Waals surface area contributed by atoms with Gasteiger partial charge < -0.3 is 9.84 Å². The quantitative estimate of drug-likeness (QED) is 0.815. The van der Waals surface area contributed by atoms with Crippen LogP contribution in [0.15, 0.2) is 0 Å². The van der Waals surface area contributed by atoms with Gasteiger partial charge in [-0.25, -0.2) is 0 Å². The fraction of sp³-hybridized carbons (Fsp3) is 0.923. The van der Waals surface area contributed by atoms with Crippen LogP contribution in [0.2, 0.25) is 0 Å². The van der Waals surface area contributed by atoms with E-state index in [2.05, 4.69) is 18.7 Å². The molecular formula is C13H23NO3. The zero-order valence-electron chi connectivity index (χ0n) is 10.8. The van der Waals surface area contributed by atoms with Gasteiger partial charge in [0.2, 0.25) is 0 Å². The molecule has 4 atom stereocenters. The summed E-state index contributed by atoms with van der Waals surface area (Å²) in [4.78, 5) is 13.5. The Morgan fingerprint density at radius 3 is 2.76 bits per heavy atom. The summed E-state index contributed by atoms with van der Waals surface area (Å²) in [5, 5.41) is 9.05. The van der Waals surface area contributed by atoms with E-state index in [1.54, 1.807) is 0 Å². The molecule has 98 valence electrons. The standard InChI is InChI=1S/C13H23NO3/c1-9-7-11(13(15)16)3-5-14(9)10(2)12-4-6-17-8-12/h9-12H,3-8H2,1-2H3,(H,15,16). The van der Waals surface area contributed by atoms with Crippen LogP contribution < -0.4 is 0 Å². The summed E-state index contributed by atoms with van der Waals surface area (Å²) < 4.78 is 5.44. The van der Waals surface area contributed by atoms with Crippen molar-refractivity contribution in [1.82, 2.24) is 4.90 Å². The van der Waals surface area contributed by atoms with Gasteiger partial charge in [0, 0.05) is 18.7 Å². The number of aliphatic carboxylic acids is 1. The van der Waals surface area contributed by atoms with Crippen LogP contribution in [0.3, 0.4) is 0 Å². The average Bonchev–Trinajstić information content (AvgIpc) is 2.81. The Labute approximate surface area is 103 Å². The fourth-order valence-corrected chi connectivity index (χ4v) is 3.22. The van der Waals surface area contributed by atoms with Crippen LogP contribution in [-0.4, -0.2) is 47.8 Å². The van der Waals surface area contributed by atoms with Gasteiger partial charge in [-0.1, -0.05) is 0 Å². The summed E-state index contributed by atoms with van der Waals surface area (Å²) >= 11 is 0. The second-order valence-corrected chi connectivity index (χ2v) is 5.51. The first-order valence-corrected chi connectivity index (χ1v) is 6.66. The number of carboxylic acids is 1. The minimum atomic E-state index is -0.631. The van der Waals surface area contributed by atoms with E-state index in [9.17, 15) is 4.79 Å². The van der Waals surface area contributed by atoms with Crippen LogP contribution in [0.25, 0.3) is 0 Å². The maximum absolute atomic E-state index is 11.0. The van der Waals surface area contributed by atoms with E-state index < -0.39 is 5.97 Å². The van der Waals surface area contributed by atoms with Crippen molar-refractivity contribution in [1.29, 1.82) is 0 Å². The van der Waals surface area contributed by atoms with Crippen molar-refractivity contribution in [2.45, 2.75) is 45.2 Å². The summed E-state index contributed by atoms with van der Waals surface area (Å²) in [5.41, 5.74) is 0. The molecule has 17 heavy (non-hydrogen) atoms. The topological polar surface area (TPSA) is 49.8 Å². The number of nitrogens with zero attached hydrogens (tertiary/aromatic N) is 1. The largest absolute Gasteiger partial charge is 0.481 e. The normalized spacial score (nSPS) is 36.9. The summed E-state index contributed by atoms with van der Waals surface area (Å²) in [5.74, 6) is -0.152. The zero-order valence-corrected chi connectivity index (χ0v) is 10.8. The van der Waals surface area contributed by atoms with Crippen LogP contribution >= 0.6 is 0 Å². The second kappa shape index (κ2) is 5.36. The molecule has 2 aliphatic rings. The minimum absolute atomic E-state index is 0.145. The van der Waals surface area contributed by atoms with Crippen LogP contribution in [0, 0.1) is 11.8 Å². The van der Waals surface area contributed by atoms with Gasteiger partial charge in [0.15, 0.2) is 0 Å². The molecule has 4 unspecified atom stereocenters. The van der Waals surface area contributed by atoms with Crippen molar-refractivity contribution in [2.75, 3.05) is 19.8 Å². The maximum Gasteiger partial charge on any atom is 0.306 e. The number of piperidine rings is 1. The van der Waals surface area contributed by atoms with Crippen molar-refractivity contribution in [3.05, 3.63) is 0 Å². The molecule has 0 aromatic rings. The third-order valence-corrected chi connectivity index (χ3v) is 4.45. The number of hydrogen-bond donors (Lipinski definition) is 1. The molecular weight excluding hydrogens is 218 g/mol. The van der Waals surface area contributed by atoms with Gasteiger partial charge in [0.1, 0.15) is 0 Å². The number of ether oxygens (including phenoxy) is 1. The fourth-order valence-electron chi connectivity index (χ4n) is 3.22. The Balaban J connectivity index is 1.91. The molecule has 0 radical (unpaired) electrons. The Kier molecular flexibility index (Phi) is 4.05. The van der Waals surface area contributed by atoms with Crippen molar-refractivity contribution < 1.29 is 14.6 Å². The molecule has 1 N–H and O–H groups in total. The van der Waals surface area contributed by atoms with E-state index in [-0.39, 0.29) is 5.92 Å². The minimum Gasteiger partial charge on any atom is -0.481 e. The van der Waals surface area contributed by atoms with Crippen LogP contribution in [0.1, 0.15) is 33.1 Å². The third-order valence-electron chi connectivity index (χ3n) is 4.45. The van der Waals surface area contributed by atoms with Crippen molar-refractivity contribution in [2.24, 2.45) is 11.8 Å². The van der Waals surface area contributed by atoms with Gasteiger partial charge in [-0.15, -0.1) is 0 Å². The summed E-state index contributed by atoms with van der Waals surface area (Å²) in [6, 6.07) is 0.891. The molecule has 2 rings (SSSR count). The third kappa shape index (κ3) is 2.80. The van der Waals surface area contributed by atoms with Crippen LogP contribution in [0.4, 0.5) is 0 Å². The Morgan fingerprint density at radius 1 is 1.47 bits per heavy atom. The molecule has 0 amide bonds. The molecule has 0 aromatic carbocycles. The second-order valence-electron chi connectivity index (χ2n) is 5.51. The Morgan fingerprint density at radius 2 is 2.24 bits per heavy atom. The van der Waals surface area contributed by atoms with E-state index in [0.717, 1.165) is 39.0 Å². The van der Waals surface area contributed by atoms with Crippen LogP contribution in [-0.2, 0) is 9.53 Å². The number of carboxylic acid groups (broad SMARTS) is 1. The molecule has 2 fully saturated rings. The van der Waals surface area contributed by atoms with Gasteiger partial charge in [-0.3, -0.25) is 9.69 Å². The summed E-state index contributed by atoms with van der Waals surface area (Å²) in [6.07, 6.45) is 2.72. The lowest BCUT2D eigenvalue weighted by Gasteiger charge is -2.42. The van der Waals surface area contributed by atoms with Crippen LogP contribution in [0.5, 0.6) is 0 Å². The molecule has 4 heteroatoms. The molecule has 0 bridgehead atoms. The van der Waals surface area contributed by atoms with Crippen molar-refractivity contribution in [3.8, 4) is 0 Å². The molecule has 0 aromatic heterocycles.